The summed E-state index contributed by atoms with van der Waals surface area (Å²) in [5.74, 6) is 0.232. The number of rotatable bonds is 17. The molecule has 1 fully saturated rings. The fourth-order valence-corrected chi connectivity index (χ4v) is 3.93. The van der Waals surface area contributed by atoms with E-state index in [1.807, 2.05) is 0 Å². The zero-order valence-corrected chi connectivity index (χ0v) is 17.2. The molecule has 1 rings (SSSR count). The molecular weight excluding hydrogens is 328 g/mol. The van der Waals surface area contributed by atoms with Crippen molar-refractivity contribution in [2.75, 3.05) is 6.61 Å². The molecule has 2 N–H and O–H groups in total. The van der Waals surface area contributed by atoms with E-state index in [2.05, 4.69) is 13.8 Å². The van der Waals surface area contributed by atoms with Crippen molar-refractivity contribution in [3.05, 3.63) is 0 Å². The molecular formula is C22H42O4. The first-order valence-electron chi connectivity index (χ1n) is 11.1. The Bertz CT molecular complexity index is 371. The van der Waals surface area contributed by atoms with Crippen molar-refractivity contribution in [2.24, 2.45) is 5.92 Å². The molecule has 0 aromatic heterocycles. The van der Waals surface area contributed by atoms with E-state index in [1.165, 1.54) is 57.8 Å². The van der Waals surface area contributed by atoms with Gasteiger partial charge in [0.1, 0.15) is 5.60 Å². The quantitative estimate of drug-likeness (QED) is 0.275. The molecule has 154 valence electrons. The highest BCUT2D eigenvalue weighted by Gasteiger charge is 2.57. The van der Waals surface area contributed by atoms with Gasteiger partial charge in [0.05, 0.1) is 12.7 Å². The SMILES string of the molecule is CCCCCCCCC1CC1(CC(O)CO)OC(=O)CCCCCCC. The van der Waals surface area contributed by atoms with Gasteiger partial charge in [-0.2, -0.15) is 0 Å². The first kappa shape index (κ1) is 23.4. The van der Waals surface area contributed by atoms with Crippen LogP contribution in [-0.4, -0.2) is 34.5 Å². The Kier molecular flexibility index (Phi) is 12.2. The molecule has 4 nitrogen and oxygen atoms in total. The van der Waals surface area contributed by atoms with Gasteiger partial charge in [-0.15, -0.1) is 0 Å². The number of esters is 1. The fraction of sp³-hybridized carbons (Fsp3) is 0.955. The number of carbonyl (C=O) groups is 1. The van der Waals surface area contributed by atoms with Gasteiger partial charge in [0.25, 0.3) is 0 Å². The Labute approximate surface area is 160 Å². The lowest BCUT2D eigenvalue weighted by Gasteiger charge is -2.21. The van der Waals surface area contributed by atoms with Gasteiger partial charge in [0.15, 0.2) is 0 Å². The van der Waals surface area contributed by atoms with Crippen LogP contribution in [-0.2, 0) is 9.53 Å². The van der Waals surface area contributed by atoms with Gasteiger partial charge in [-0.05, 0) is 19.3 Å². The maximum absolute atomic E-state index is 12.2. The predicted molar refractivity (Wildman–Crippen MR) is 106 cm³/mol. The number of hydrogen-bond donors (Lipinski definition) is 2. The third kappa shape index (κ3) is 9.36. The Morgan fingerprint density at radius 3 is 2.19 bits per heavy atom. The number of hydrogen-bond acceptors (Lipinski definition) is 4. The van der Waals surface area contributed by atoms with E-state index >= 15 is 0 Å². The molecule has 1 aliphatic carbocycles. The predicted octanol–water partition coefficient (Wildman–Crippen LogP) is 5.14. The number of ether oxygens (including phenoxy) is 1. The van der Waals surface area contributed by atoms with Crippen LogP contribution in [0.2, 0.25) is 0 Å². The van der Waals surface area contributed by atoms with Crippen LogP contribution in [0.25, 0.3) is 0 Å². The Balaban J connectivity index is 2.32. The van der Waals surface area contributed by atoms with Gasteiger partial charge >= 0.3 is 5.97 Å². The second kappa shape index (κ2) is 13.5. The van der Waals surface area contributed by atoms with E-state index in [1.54, 1.807) is 0 Å². The Morgan fingerprint density at radius 2 is 1.58 bits per heavy atom. The summed E-state index contributed by atoms with van der Waals surface area (Å²) in [6.07, 6.45) is 15.1. The molecule has 0 heterocycles. The van der Waals surface area contributed by atoms with Crippen molar-refractivity contribution in [1.82, 2.24) is 0 Å². The molecule has 1 saturated carbocycles. The monoisotopic (exact) mass is 370 g/mol. The summed E-state index contributed by atoms with van der Waals surface area (Å²) in [6, 6.07) is 0. The van der Waals surface area contributed by atoms with Crippen molar-refractivity contribution >= 4 is 5.97 Å². The van der Waals surface area contributed by atoms with Crippen LogP contribution >= 0.6 is 0 Å². The molecule has 4 heteroatoms. The average Bonchev–Trinajstić information content (AvgIpc) is 3.29. The minimum absolute atomic E-state index is 0.128. The lowest BCUT2D eigenvalue weighted by molar-refractivity contribution is -0.154. The minimum Gasteiger partial charge on any atom is -0.459 e. The van der Waals surface area contributed by atoms with Crippen LogP contribution in [0.5, 0.6) is 0 Å². The topological polar surface area (TPSA) is 66.8 Å². The number of aliphatic hydroxyl groups excluding tert-OH is 2. The number of unbranched alkanes of at least 4 members (excludes halogenated alkanes) is 9. The van der Waals surface area contributed by atoms with E-state index < -0.39 is 11.7 Å². The molecule has 0 amide bonds. The van der Waals surface area contributed by atoms with Gasteiger partial charge in [-0.3, -0.25) is 4.79 Å². The molecule has 0 aliphatic heterocycles. The average molecular weight is 371 g/mol. The van der Waals surface area contributed by atoms with Gasteiger partial charge < -0.3 is 14.9 Å². The maximum Gasteiger partial charge on any atom is 0.306 e. The summed E-state index contributed by atoms with van der Waals surface area (Å²) in [7, 11) is 0. The largest absolute Gasteiger partial charge is 0.459 e. The highest BCUT2D eigenvalue weighted by molar-refractivity contribution is 5.70. The third-order valence-electron chi connectivity index (χ3n) is 5.68. The van der Waals surface area contributed by atoms with Gasteiger partial charge in [-0.25, -0.2) is 0 Å². The Hall–Kier alpha value is -0.610. The highest BCUT2D eigenvalue weighted by atomic mass is 16.6. The van der Waals surface area contributed by atoms with Crippen LogP contribution in [0.15, 0.2) is 0 Å². The summed E-state index contributed by atoms with van der Waals surface area (Å²) in [5, 5.41) is 19.0. The van der Waals surface area contributed by atoms with Crippen LogP contribution < -0.4 is 0 Å². The van der Waals surface area contributed by atoms with Crippen LogP contribution in [0.4, 0.5) is 0 Å². The van der Waals surface area contributed by atoms with Crippen molar-refractivity contribution in [3.63, 3.8) is 0 Å². The Morgan fingerprint density at radius 1 is 1.00 bits per heavy atom. The number of carbonyl (C=O) groups excluding carboxylic acids is 1. The number of aliphatic hydroxyl groups is 2. The van der Waals surface area contributed by atoms with Gasteiger partial charge in [0.2, 0.25) is 0 Å². The maximum atomic E-state index is 12.2. The first-order valence-corrected chi connectivity index (χ1v) is 11.1. The van der Waals surface area contributed by atoms with Crippen molar-refractivity contribution in [3.8, 4) is 0 Å². The van der Waals surface area contributed by atoms with Gasteiger partial charge in [0, 0.05) is 18.8 Å². The normalized spacial score (nSPS) is 23.0. The fourth-order valence-electron chi connectivity index (χ4n) is 3.93. The summed E-state index contributed by atoms with van der Waals surface area (Å²) in [6.45, 7) is 4.14. The third-order valence-corrected chi connectivity index (χ3v) is 5.68. The molecule has 3 unspecified atom stereocenters. The highest BCUT2D eigenvalue weighted by Crippen LogP contribution is 2.53. The summed E-state index contributed by atoms with van der Waals surface area (Å²) < 4.78 is 5.83. The van der Waals surface area contributed by atoms with E-state index in [0.717, 1.165) is 25.7 Å². The first-order chi connectivity index (χ1) is 12.6. The standard InChI is InChI=1S/C22H42O4/c1-3-5-7-9-11-12-14-19-16-22(19,17-20(24)18-23)26-21(25)15-13-10-8-6-4-2/h19-20,23-24H,3-18H2,1-2H3. The molecule has 1 aliphatic rings. The van der Waals surface area contributed by atoms with Crippen molar-refractivity contribution < 1.29 is 19.7 Å². The second-order valence-electron chi connectivity index (χ2n) is 8.20. The van der Waals surface area contributed by atoms with Crippen molar-refractivity contribution in [2.45, 2.75) is 122 Å². The molecule has 3 atom stereocenters. The lowest BCUT2D eigenvalue weighted by atomic mass is 10.0. The summed E-state index contributed by atoms with van der Waals surface area (Å²) >= 11 is 0. The van der Waals surface area contributed by atoms with E-state index in [-0.39, 0.29) is 12.6 Å². The van der Waals surface area contributed by atoms with Crippen LogP contribution in [0, 0.1) is 5.92 Å². The van der Waals surface area contributed by atoms with Crippen LogP contribution in [0.3, 0.4) is 0 Å². The summed E-state index contributed by atoms with van der Waals surface area (Å²) in [4.78, 5) is 12.2. The van der Waals surface area contributed by atoms with E-state index in [9.17, 15) is 15.0 Å². The molecule has 0 aromatic carbocycles. The van der Waals surface area contributed by atoms with Crippen LogP contribution in [0.1, 0.15) is 110 Å². The molecule has 0 aromatic rings. The molecule has 26 heavy (non-hydrogen) atoms. The minimum atomic E-state index is -0.790. The molecule has 0 saturated heterocycles. The van der Waals surface area contributed by atoms with Crippen molar-refractivity contribution in [1.29, 1.82) is 0 Å². The molecule has 0 bridgehead atoms. The second-order valence-corrected chi connectivity index (χ2v) is 8.20. The smallest absolute Gasteiger partial charge is 0.306 e. The molecule has 0 spiro atoms. The van der Waals surface area contributed by atoms with Gasteiger partial charge in [-0.1, -0.05) is 78.1 Å². The lowest BCUT2D eigenvalue weighted by Crippen LogP contribution is -2.29. The zero-order chi connectivity index (χ0) is 19.3. The van der Waals surface area contributed by atoms with E-state index in [0.29, 0.717) is 18.8 Å². The van der Waals surface area contributed by atoms with E-state index in [4.69, 9.17) is 4.74 Å². The zero-order valence-electron chi connectivity index (χ0n) is 17.2. The molecule has 0 radical (unpaired) electrons. The summed E-state index contributed by atoms with van der Waals surface area (Å²) in [5.41, 5.74) is -0.508.